The molecule has 0 spiro atoms. The molecule has 2 nitrogen and oxygen atoms in total. The first-order valence-electron chi connectivity index (χ1n) is 13.9. The molecule has 0 aliphatic carbocycles. The summed E-state index contributed by atoms with van der Waals surface area (Å²) in [5.74, 6) is 1.24. The SMILES string of the molecule is CCCC/C([CH2][Sn]([CH2]CCC)([CH2]CCC)[CH2]CCC)=C(/CCC=O)O[Si](C)(C)C(C)(C)C. The van der Waals surface area contributed by atoms with Crippen LogP contribution in [0.15, 0.2) is 11.3 Å². The minimum absolute atomic E-state index is 0.183. The Kier molecular flexibility index (Phi) is 16.9. The summed E-state index contributed by atoms with van der Waals surface area (Å²) in [6.07, 6.45) is 14.4. The third-order valence-corrected chi connectivity index (χ3v) is 27.5. The van der Waals surface area contributed by atoms with E-state index in [9.17, 15) is 4.79 Å². The van der Waals surface area contributed by atoms with Gasteiger partial charge in [-0.25, -0.2) is 0 Å². The van der Waals surface area contributed by atoms with E-state index in [-0.39, 0.29) is 5.04 Å². The summed E-state index contributed by atoms with van der Waals surface area (Å²) in [6.45, 7) is 21.1. The molecule has 0 unspecified atom stereocenters. The maximum atomic E-state index is 11.4. The zero-order valence-electron chi connectivity index (χ0n) is 23.5. The molecule has 0 heterocycles. The number of carbonyl (C=O) groups is 1. The Bertz CT molecular complexity index is 512. The molecule has 0 aliphatic rings. The Hall–Kier alpha value is 0.226. The van der Waals surface area contributed by atoms with Gasteiger partial charge in [0.25, 0.3) is 0 Å². The van der Waals surface area contributed by atoms with Crippen molar-refractivity contribution >= 4 is 33.0 Å². The molecule has 0 saturated heterocycles. The van der Waals surface area contributed by atoms with E-state index in [0.29, 0.717) is 6.42 Å². The molecule has 0 amide bonds. The average Bonchev–Trinajstić information content (AvgIpc) is 2.74. The Morgan fingerprint density at radius 3 is 1.66 bits per heavy atom. The summed E-state index contributed by atoms with van der Waals surface area (Å²) in [6, 6.07) is 0. The fraction of sp³-hybridized carbons (Fsp3) is 0.893. The zero-order chi connectivity index (χ0) is 24.7. The van der Waals surface area contributed by atoms with Crippen molar-refractivity contribution in [2.24, 2.45) is 0 Å². The van der Waals surface area contributed by atoms with Crippen molar-refractivity contribution in [3.8, 4) is 0 Å². The predicted octanol–water partition coefficient (Wildman–Crippen LogP) is 10.3. The number of aldehydes is 1. The van der Waals surface area contributed by atoms with Crippen molar-refractivity contribution in [1.82, 2.24) is 0 Å². The number of carbonyl (C=O) groups excluding carboxylic acids is 1. The van der Waals surface area contributed by atoms with Gasteiger partial charge in [0, 0.05) is 0 Å². The van der Waals surface area contributed by atoms with Crippen LogP contribution in [0.1, 0.15) is 119 Å². The van der Waals surface area contributed by atoms with Gasteiger partial charge < -0.3 is 0 Å². The first kappa shape index (κ1) is 32.2. The molecule has 0 aliphatic heterocycles. The second-order valence-corrected chi connectivity index (χ2v) is 30.3. The minimum atomic E-state index is -2.33. The van der Waals surface area contributed by atoms with Crippen molar-refractivity contribution < 1.29 is 9.22 Å². The number of unbranched alkanes of at least 4 members (excludes halogenated alkanes) is 4. The third-order valence-electron chi connectivity index (χ3n) is 7.67. The van der Waals surface area contributed by atoms with Gasteiger partial charge in [-0.05, 0) is 0 Å². The van der Waals surface area contributed by atoms with E-state index in [1.54, 1.807) is 18.9 Å². The van der Waals surface area contributed by atoms with Crippen LogP contribution >= 0.6 is 0 Å². The van der Waals surface area contributed by atoms with Gasteiger partial charge in [-0.2, -0.15) is 0 Å². The molecular formula is C28H58O2SiSn. The summed E-state index contributed by atoms with van der Waals surface area (Å²) in [4.78, 5) is 11.4. The molecule has 0 saturated carbocycles. The Balaban J connectivity index is 6.35. The van der Waals surface area contributed by atoms with Crippen LogP contribution in [-0.2, 0) is 9.22 Å². The Morgan fingerprint density at radius 2 is 1.28 bits per heavy atom. The van der Waals surface area contributed by atoms with E-state index in [1.807, 2.05) is 0 Å². The van der Waals surface area contributed by atoms with Crippen molar-refractivity contribution in [3.05, 3.63) is 11.3 Å². The molecule has 0 aromatic heterocycles. The molecule has 190 valence electrons. The fourth-order valence-electron chi connectivity index (χ4n) is 4.42. The van der Waals surface area contributed by atoms with Crippen molar-refractivity contribution in [1.29, 1.82) is 0 Å². The second-order valence-electron chi connectivity index (χ2n) is 11.7. The first-order valence-corrected chi connectivity index (χ1v) is 24.8. The topological polar surface area (TPSA) is 26.3 Å². The first-order chi connectivity index (χ1) is 15.0. The van der Waals surface area contributed by atoms with Crippen LogP contribution in [0.3, 0.4) is 0 Å². The predicted molar refractivity (Wildman–Crippen MR) is 150 cm³/mol. The molecule has 0 fully saturated rings. The number of hydrogen-bond acceptors (Lipinski definition) is 2. The average molecular weight is 574 g/mol. The van der Waals surface area contributed by atoms with Gasteiger partial charge in [0.1, 0.15) is 0 Å². The quantitative estimate of drug-likeness (QED) is 0.0873. The Labute approximate surface area is 207 Å². The van der Waals surface area contributed by atoms with Crippen LogP contribution in [0.4, 0.5) is 0 Å². The van der Waals surface area contributed by atoms with E-state index in [0.717, 1.165) is 12.7 Å². The molecule has 0 N–H and O–H groups in total. The van der Waals surface area contributed by atoms with E-state index in [1.165, 1.54) is 68.0 Å². The standard InChI is InChI=1S/C16H31O2Si.3C4H9.Sn/c1-8-9-11-14(2)15(12-10-13-17)18-19(6,7)16(3,4)5;3*1-3-4-2;/h13H,2,8-12H2,1,3-7H3;3*1,3-4H2,2H3;/b15-14-;;;;. The van der Waals surface area contributed by atoms with Crippen LogP contribution in [0.25, 0.3) is 0 Å². The molecule has 0 atom stereocenters. The molecule has 0 radical (unpaired) electrons. The van der Waals surface area contributed by atoms with Crippen LogP contribution in [-0.4, -0.2) is 33.0 Å². The van der Waals surface area contributed by atoms with Crippen LogP contribution in [0, 0.1) is 0 Å². The fourth-order valence-corrected chi connectivity index (χ4v) is 22.3. The van der Waals surface area contributed by atoms with E-state index < -0.39 is 26.7 Å². The summed E-state index contributed by atoms with van der Waals surface area (Å²) in [5, 5.41) is 0.183. The van der Waals surface area contributed by atoms with Crippen LogP contribution in [0.5, 0.6) is 0 Å². The van der Waals surface area contributed by atoms with Crippen molar-refractivity contribution in [3.63, 3.8) is 0 Å². The normalized spacial score (nSPS) is 13.8. The van der Waals surface area contributed by atoms with Gasteiger partial charge in [-0.3, -0.25) is 0 Å². The van der Waals surface area contributed by atoms with Gasteiger partial charge in [-0.1, -0.05) is 0 Å². The zero-order valence-corrected chi connectivity index (χ0v) is 27.4. The van der Waals surface area contributed by atoms with Crippen molar-refractivity contribution in [2.75, 3.05) is 0 Å². The van der Waals surface area contributed by atoms with Gasteiger partial charge in [-0.15, -0.1) is 0 Å². The summed E-state index contributed by atoms with van der Waals surface area (Å²) < 4.78 is 13.0. The van der Waals surface area contributed by atoms with E-state index >= 15 is 0 Å². The van der Waals surface area contributed by atoms with E-state index in [4.69, 9.17) is 4.43 Å². The summed E-state index contributed by atoms with van der Waals surface area (Å²) >= 11 is -2.33. The van der Waals surface area contributed by atoms with Crippen molar-refractivity contribution in [2.45, 2.75) is 155 Å². The molecule has 0 rings (SSSR count). The molecular weight excluding hydrogens is 515 g/mol. The van der Waals surface area contributed by atoms with Gasteiger partial charge in [0.2, 0.25) is 0 Å². The van der Waals surface area contributed by atoms with Gasteiger partial charge in [0.15, 0.2) is 0 Å². The number of hydrogen-bond donors (Lipinski definition) is 0. The maximum absolute atomic E-state index is 11.4. The van der Waals surface area contributed by atoms with Crippen LogP contribution < -0.4 is 0 Å². The number of rotatable bonds is 19. The van der Waals surface area contributed by atoms with Gasteiger partial charge in [0.05, 0.1) is 0 Å². The summed E-state index contributed by atoms with van der Waals surface area (Å²) in [7, 11) is -1.92. The molecule has 0 aromatic carbocycles. The van der Waals surface area contributed by atoms with Crippen LogP contribution in [0.2, 0.25) is 35.9 Å². The monoisotopic (exact) mass is 574 g/mol. The summed E-state index contributed by atoms with van der Waals surface area (Å²) in [5.41, 5.74) is 1.64. The van der Waals surface area contributed by atoms with Gasteiger partial charge >= 0.3 is 209 Å². The third kappa shape index (κ3) is 12.1. The second kappa shape index (κ2) is 16.8. The molecule has 0 bridgehead atoms. The van der Waals surface area contributed by atoms with E-state index in [2.05, 4.69) is 61.6 Å². The molecule has 0 aromatic rings. The molecule has 32 heavy (non-hydrogen) atoms. The number of allylic oxidation sites excluding steroid dienone is 2. The Morgan fingerprint density at radius 1 is 0.812 bits per heavy atom. The molecule has 4 heteroatoms.